The van der Waals surface area contributed by atoms with Crippen molar-refractivity contribution in [3.8, 4) is 11.3 Å². The Kier molecular flexibility index (Phi) is 4.54. The Morgan fingerprint density at radius 2 is 1.58 bits per heavy atom. The zero-order chi connectivity index (χ0) is 18.1. The highest BCUT2D eigenvalue weighted by molar-refractivity contribution is 5.72. The summed E-state index contributed by atoms with van der Waals surface area (Å²) in [5.41, 5.74) is -2.53. The van der Waals surface area contributed by atoms with Gasteiger partial charge in [0, 0.05) is 11.8 Å². The van der Waals surface area contributed by atoms with E-state index in [0.29, 0.717) is 6.20 Å². The summed E-state index contributed by atoms with van der Waals surface area (Å²) >= 11 is 0. The maximum absolute atomic E-state index is 12.9. The number of carboxylic acids is 1. The van der Waals surface area contributed by atoms with E-state index in [-0.39, 0.29) is 11.3 Å². The van der Waals surface area contributed by atoms with Gasteiger partial charge >= 0.3 is 18.3 Å². The molecule has 0 saturated carbocycles. The quantitative estimate of drug-likeness (QED) is 0.835. The number of alkyl halides is 6. The van der Waals surface area contributed by atoms with E-state index in [2.05, 4.69) is 4.98 Å². The van der Waals surface area contributed by atoms with Gasteiger partial charge in [0.1, 0.15) is 0 Å². The lowest BCUT2D eigenvalue weighted by Gasteiger charge is -2.13. The fourth-order valence-electron chi connectivity index (χ4n) is 2.05. The molecule has 1 heterocycles. The van der Waals surface area contributed by atoms with E-state index in [1.807, 2.05) is 0 Å². The molecule has 0 atom stereocenters. The van der Waals surface area contributed by atoms with Gasteiger partial charge in [-0.3, -0.25) is 9.78 Å². The fraction of sp³-hybridized carbons (Fsp3) is 0.200. The number of halogens is 6. The molecule has 0 radical (unpaired) electrons. The molecule has 0 amide bonds. The topological polar surface area (TPSA) is 50.2 Å². The molecule has 1 aromatic carbocycles. The molecule has 128 valence electrons. The molecule has 0 bridgehead atoms. The second-order valence-corrected chi connectivity index (χ2v) is 4.87. The summed E-state index contributed by atoms with van der Waals surface area (Å²) in [5.74, 6) is -1.47. The van der Waals surface area contributed by atoms with Crippen LogP contribution in [0.2, 0.25) is 0 Å². The van der Waals surface area contributed by atoms with E-state index >= 15 is 0 Å². The lowest BCUT2D eigenvalue weighted by molar-refractivity contribution is -0.140. The number of hydrogen-bond acceptors (Lipinski definition) is 2. The average Bonchev–Trinajstić information content (AvgIpc) is 2.44. The van der Waals surface area contributed by atoms with Crippen molar-refractivity contribution in [3.63, 3.8) is 0 Å². The second-order valence-electron chi connectivity index (χ2n) is 4.87. The predicted octanol–water partition coefficient (Wildman–Crippen LogP) is 4.41. The fourth-order valence-corrected chi connectivity index (χ4v) is 2.05. The molecule has 1 aromatic heterocycles. The first-order valence-electron chi connectivity index (χ1n) is 6.44. The highest BCUT2D eigenvalue weighted by Gasteiger charge is 2.34. The van der Waals surface area contributed by atoms with Crippen LogP contribution in [0.25, 0.3) is 11.3 Å². The van der Waals surface area contributed by atoms with Crippen LogP contribution in [0.15, 0.2) is 36.5 Å². The van der Waals surface area contributed by atoms with E-state index in [4.69, 9.17) is 5.11 Å². The van der Waals surface area contributed by atoms with E-state index < -0.39 is 41.4 Å². The first kappa shape index (κ1) is 17.8. The van der Waals surface area contributed by atoms with Crippen molar-refractivity contribution in [1.29, 1.82) is 0 Å². The van der Waals surface area contributed by atoms with Gasteiger partial charge in [-0.25, -0.2) is 0 Å². The van der Waals surface area contributed by atoms with Crippen LogP contribution in [0.3, 0.4) is 0 Å². The summed E-state index contributed by atoms with van der Waals surface area (Å²) in [4.78, 5) is 14.3. The maximum atomic E-state index is 12.9. The molecular formula is C15H9F6NO2. The van der Waals surface area contributed by atoms with E-state index in [1.54, 1.807) is 0 Å². The monoisotopic (exact) mass is 349 g/mol. The van der Waals surface area contributed by atoms with Gasteiger partial charge in [-0.2, -0.15) is 26.3 Å². The maximum Gasteiger partial charge on any atom is 0.418 e. The molecule has 2 rings (SSSR count). The minimum atomic E-state index is -4.78. The Bertz CT molecular complexity index is 750. The number of aromatic nitrogens is 1. The number of hydrogen-bond donors (Lipinski definition) is 1. The van der Waals surface area contributed by atoms with Crippen molar-refractivity contribution >= 4 is 5.97 Å². The minimum absolute atomic E-state index is 0.0482. The van der Waals surface area contributed by atoms with E-state index in [0.717, 1.165) is 30.3 Å². The molecule has 0 aliphatic heterocycles. The summed E-state index contributed by atoms with van der Waals surface area (Å²) in [5, 5.41) is 8.73. The lowest BCUT2D eigenvalue weighted by Crippen LogP contribution is -2.13. The summed E-state index contributed by atoms with van der Waals surface area (Å²) in [7, 11) is 0. The van der Waals surface area contributed by atoms with Crippen LogP contribution in [0, 0.1) is 0 Å². The SMILES string of the molecule is O=C(O)Cc1cc(-c2ccc(C(F)(F)F)cc2)ncc1C(F)(F)F. The van der Waals surface area contributed by atoms with Gasteiger partial charge in [-0.15, -0.1) is 0 Å². The minimum Gasteiger partial charge on any atom is -0.481 e. The Morgan fingerprint density at radius 1 is 1.00 bits per heavy atom. The first-order valence-corrected chi connectivity index (χ1v) is 6.44. The van der Waals surface area contributed by atoms with Crippen LogP contribution in [0.4, 0.5) is 26.3 Å². The molecule has 0 unspecified atom stereocenters. The third-order valence-corrected chi connectivity index (χ3v) is 3.14. The van der Waals surface area contributed by atoms with Gasteiger partial charge in [0.05, 0.1) is 23.2 Å². The van der Waals surface area contributed by atoms with E-state index in [9.17, 15) is 31.1 Å². The Balaban J connectivity index is 2.46. The molecular weight excluding hydrogens is 340 g/mol. The molecule has 1 N–H and O–H groups in total. The predicted molar refractivity (Wildman–Crippen MR) is 71.0 cm³/mol. The zero-order valence-electron chi connectivity index (χ0n) is 11.7. The van der Waals surface area contributed by atoms with Gasteiger partial charge in [0.25, 0.3) is 0 Å². The van der Waals surface area contributed by atoms with Crippen LogP contribution in [0.1, 0.15) is 16.7 Å². The van der Waals surface area contributed by atoms with Crippen molar-refractivity contribution in [1.82, 2.24) is 4.98 Å². The number of aliphatic carboxylic acids is 1. The molecule has 3 nitrogen and oxygen atoms in total. The van der Waals surface area contributed by atoms with Crippen LogP contribution in [0.5, 0.6) is 0 Å². The van der Waals surface area contributed by atoms with Gasteiger partial charge in [-0.1, -0.05) is 12.1 Å². The summed E-state index contributed by atoms with van der Waals surface area (Å²) < 4.78 is 76.1. The van der Waals surface area contributed by atoms with Crippen molar-refractivity contribution in [2.45, 2.75) is 18.8 Å². The Labute approximate surface area is 131 Å². The van der Waals surface area contributed by atoms with Crippen LogP contribution < -0.4 is 0 Å². The molecule has 24 heavy (non-hydrogen) atoms. The summed E-state index contributed by atoms with van der Waals surface area (Å²) in [6.45, 7) is 0. The van der Waals surface area contributed by atoms with Gasteiger partial charge in [-0.05, 0) is 23.8 Å². The first-order chi connectivity index (χ1) is 11.0. The summed E-state index contributed by atoms with van der Waals surface area (Å²) in [6, 6.07) is 4.57. The molecule has 0 fully saturated rings. The Hall–Kier alpha value is -2.58. The van der Waals surface area contributed by atoms with Crippen molar-refractivity contribution in [2.24, 2.45) is 0 Å². The number of pyridine rings is 1. The van der Waals surface area contributed by atoms with Crippen LogP contribution >= 0.6 is 0 Å². The number of rotatable bonds is 3. The van der Waals surface area contributed by atoms with E-state index in [1.165, 1.54) is 0 Å². The van der Waals surface area contributed by atoms with Crippen LogP contribution in [-0.2, 0) is 23.6 Å². The Morgan fingerprint density at radius 3 is 2.04 bits per heavy atom. The number of benzene rings is 1. The smallest absolute Gasteiger partial charge is 0.418 e. The molecule has 0 aliphatic carbocycles. The van der Waals surface area contributed by atoms with Crippen molar-refractivity contribution in [3.05, 3.63) is 53.2 Å². The summed E-state index contributed by atoms with van der Waals surface area (Å²) in [6.07, 6.45) is -9.73. The normalized spacial score (nSPS) is 12.2. The molecule has 0 spiro atoms. The van der Waals surface area contributed by atoms with Gasteiger partial charge < -0.3 is 5.11 Å². The third kappa shape index (κ3) is 4.03. The molecule has 0 saturated heterocycles. The highest BCUT2D eigenvalue weighted by Crippen LogP contribution is 2.34. The van der Waals surface area contributed by atoms with Gasteiger partial charge in [0.2, 0.25) is 0 Å². The lowest BCUT2D eigenvalue weighted by atomic mass is 10.0. The van der Waals surface area contributed by atoms with Crippen molar-refractivity contribution in [2.75, 3.05) is 0 Å². The van der Waals surface area contributed by atoms with Crippen molar-refractivity contribution < 1.29 is 36.2 Å². The zero-order valence-corrected chi connectivity index (χ0v) is 11.7. The number of carboxylic acid groups (broad SMARTS) is 1. The highest BCUT2D eigenvalue weighted by atomic mass is 19.4. The largest absolute Gasteiger partial charge is 0.481 e. The molecule has 0 aliphatic rings. The molecule has 2 aromatic rings. The molecule has 9 heteroatoms. The number of carbonyl (C=O) groups is 1. The number of nitrogens with zero attached hydrogens (tertiary/aromatic N) is 1. The standard InChI is InChI=1S/C15H9F6NO2/c16-14(17,18)10-3-1-8(2-4-10)12-5-9(6-13(23)24)11(7-22-12)15(19,20)21/h1-5,7H,6H2,(H,23,24). The second kappa shape index (κ2) is 6.14. The third-order valence-electron chi connectivity index (χ3n) is 3.14. The van der Waals surface area contributed by atoms with Crippen LogP contribution in [-0.4, -0.2) is 16.1 Å². The van der Waals surface area contributed by atoms with Gasteiger partial charge in [0.15, 0.2) is 0 Å². The average molecular weight is 349 g/mol.